The molecule has 1 aromatic carbocycles. The average Bonchev–Trinajstić information content (AvgIpc) is 2.42. The van der Waals surface area contributed by atoms with Crippen molar-refractivity contribution in [3.8, 4) is 0 Å². The van der Waals surface area contributed by atoms with Gasteiger partial charge in [0.25, 0.3) is 0 Å². The fourth-order valence-electron chi connectivity index (χ4n) is 2.25. The SMILES string of the molecule is CCS(=O)(=O)C1CSCCN1Cc1ccc(Br)cc1N. The van der Waals surface area contributed by atoms with E-state index in [0.29, 0.717) is 18.0 Å². The maximum absolute atomic E-state index is 12.2. The van der Waals surface area contributed by atoms with E-state index in [2.05, 4.69) is 15.9 Å². The Balaban J connectivity index is 2.21. The zero-order valence-corrected chi connectivity index (χ0v) is 14.6. The molecule has 1 aliphatic rings. The Morgan fingerprint density at radius 3 is 2.90 bits per heavy atom. The lowest BCUT2D eigenvalue weighted by Gasteiger charge is -2.34. The van der Waals surface area contributed by atoms with Crippen molar-refractivity contribution in [2.24, 2.45) is 0 Å². The van der Waals surface area contributed by atoms with Crippen molar-refractivity contribution in [1.29, 1.82) is 0 Å². The first-order valence-corrected chi connectivity index (χ1v) is 10.2. The Morgan fingerprint density at radius 2 is 2.25 bits per heavy atom. The van der Waals surface area contributed by atoms with Crippen molar-refractivity contribution in [1.82, 2.24) is 4.90 Å². The van der Waals surface area contributed by atoms with E-state index in [1.54, 1.807) is 18.7 Å². The van der Waals surface area contributed by atoms with Gasteiger partial charge in [-0.2, -0.15) is 11.8 Å². The average molecular weight is 379 g/mol. The molecular formula is C13H19BrN2O2S2. The van der Waals surface area contributed by atoms with Crippen LogP contribution in [0.3, 0.4) is 0 Å². The predicted octanol–water partition coefficient (Wildman–Crippen LogP) is 2.34. The van der Waals surface area contributed by atoms with Crippen LogP contribution in [0.2, 0.25) is 0 Å². The number of nitrogen functional groups attached to an aromatic ring is 1. The first kappa shape index (κ1) is 16.1. The van der Waals surface area contributed by atoms with Crippen LogP contribution >= 0.6 is 27.7 Å². The second kappa shape index (κ2) is 6.68. The summed E-state index contributed by atoms with van der Waals surface area (Å²) in [6.07, 6.45) is 0. The summed E-state index contributed by atoms with van der Waals surface area (Å²) in [5.41, 5.74) is 7.70. The molecule has 1 heterocycles. The minimum atomic E-state index is -3.06. The summed E-state index contributed by atoms with van der Waals surface area (Å²) >= 11 is 5.09. The third kappa shape index (κ3) is 3.69. The number of nitrogens with zero attached hydrogens (tertiary/aromatic N) is 1. The van der Waals surface area contributed by atoms with Crippen LogP contribution in [-0.4, -0.2) is 42.5 Å². The quantitative estimate of drug-likeness (QED) is 0.814. The monoisotopic (exact) mass is 378 g/mol. The van der Waals surface area contributed by atoms with Gasteiger partial charge in [-0.1, -0.05) is 28.9 Å². The molecule has 1 fully saturated rings. The lowest BCUT2D eigenvalue weighted by molar-refractivity contribution is 0.262. The fraction of sp³-hybridized carbons (Fsp3) is 0.538. The summed E-state index contributed by atoms with van der Waals surface area (Å²) in [7, 11) is -3.06. The van der Waals surface area contributed by atoms with E-state index in [0.717, 1.165) is 22.3 Å². The first-order chi connectivity index (χ1) is 9.44. The Labute approximate surface area is 133 Å². The Hall–Kier alpha value is -0.240. The van der Waals surface area contributed by atoms with Gasteiger partial charge in [0.2, 0.25) is 0 Å². The second-order valence-electron chi connectivity index (χ2n) is 4.79. The number of anilines is 1. The molecule has 0 bridgehead atoms. The topological polar surface area (TPSA) is 63.4 Å². The van der Waals surface area contributed by atoms with Crippen LogP contribution in [0.15, 0.2) is 22.7 Å². The molecule has 0 saturated carbocycles. The largest absolute Gasteiger partial charge is 0.398 e. The maximum atomic E-state index is 12.2. The maximum Gasteiger partial charge on any atom is 0.166 e. The number of benzene rings is 1. The molecule has 0 spiro atoms. The highest BCUT2D eigenvalue weighted by Crippen LogP contribution is 2.26. The van der Waals surface area contributed by atoms with E-state index >= 15 is 0 Å². The smallest absolute Gasteiger partial charge is 0.166 e. The highest BCUT2D eigenvalue weighted by molar-refractivity contribution is 9.10. The van der Waals surface area contributed by atoms with Crippen LogP contribution < -0.4 is 5.73 Å². The summed E-state index contributed by atoms with van der Waals surface area (Å²) in [6, 6.07) is 5.75. The Kier molecular flexibility index (Phi) is 5.39. The molecule has 2 N–H and O–H groups in total. The van der Waals surface area contributed by atoms with E-state index in [-0.39, 0.29) is 5.75 Å². The normalized spacial score (nSPS) is 21.0. The zero-order valence-electron chi connectivity index (χ0n) is 11.4. The minimum Gasteiger partial charge on any atom is -0.398 e. The number of hydrogen-bond acceptors (Lipinski definition) is 5. The van der Waals surface area contributed by atoms with Crippen molar-refractivity contribution in [3.63, 3.8) is 0 Å². The lowest BCUT2D eigenvalue weighted by atomic mass is 10.1. The molecule has 2 rings (SSSR count). The molecule has 0 amide bonds. The fourth-order valence-corrected chi connectivity index (χ4v) is 5.71. The standard InChI is InChI=1S/C13H19BrN2O2S2/c1-2-20(17,18)13-9-19-6-5-16(13)8-10-3-4-11(14)7-12(10)15/h3-4,7,13H,2,5-6,8-9,15H2,1H3. The molecule has 7 heteroatoms. The molecule has 20 heavy (non-hydrogen) atoms. The van der Waals surface area contributed by atoms with Gasteiger partial charge in [-0.05, 0) is 17.7 Å². The third-order valence-corrected chi connectivity index (χ3v) is 7.31. The lowest BCUT2D eigenvalue weighted by Crippen LogP contribution is -2.47. The Bertz CT molecular complexity index is 578. The highest BCUT2D eigenvalue weighted by Gasteiger charge is 2.32. The van der Waals surface area contributed by atoms with Gasteiger partial charge in [-0.3, -0.25) is 4.90 Å². The van der Waals surface area contributed by atoms with Crippen molar-refractivity contribution in [3.05, 3.63) is 28.2 Å². The minimum absolute atomic E-state index is 0.185. The molecule has 1 atom stereocenters. The van der Waals surface area contributed by atoms with E-state index in [1.807, 2.05) is 23.1 Å². The molecule has 0 aliphatic carbocycles. The molecule has 0 radical (unpaired) electrons. The summed E-state index contributed by atoms with van der Waals surface area (Å²) < 4.78 is 25.3. The van der Waals surface area contributed by atoms with E-state index in [4.69, 9.17) is 5.73 Å². The summed E-state index contributed by atoms with van der Waals surface area (Å²) in [4.78, 5) is 2.04. The van der Waals surface area contributed by atoms with Crippen LogP contribution in [-0.2, 0) is 16.4 Å². The number of nitrogens with two attached hydrogens (primary N) is 1. The number of rotatable bonds is 4. The number of thioether (sulfide) groups is 1. The van der Waals surface area contributed by atoms with Crippen molar-refractivity contribution < 1.29 is 8.42 Å². The van der Waals surface area contributed by atoms with Crippen LogP contribution in [0.1, 0.15) is 12.5 Å². The number of sulfone groups is 1. The zero-order chi connectivity index (χ0) is 14.8. The summed E-state index contributed by atoms with van der Waals surface area (Å²) in [5.74, 6) is 1.79. The van der Waals surface area contributed by atoms with Gasteiger partial charge in [0.1, 0.15) is 5.37 Å². The molecule has 1 unspecified atom stereocenters. The van der Waals surface area contributed by atoms with Gasteiger partial charge in [0, 0.05) is 40.5 Å². The van der Waals surface area contributed by atoms with Crippen LogP contribution in [0.25, 0.3) is 0 Å². The van der Waals surface area contributed by atoms with Crippen molar-refractivity contribution in [2.45, 2.75) is 18.8 Å². The third-order valence-electron chi connectivity index (χ3n) is 3.49. The number of halogens is 1. The Morgan fingerprint density at radius 1 is 1.50 bits per heavy atom. The van der Waals surface area contributed by atoms with Crippen LogP contribution in [0, 0.1) is 0 Å². The summed E-state index contributed by atoms with van der Waals surface area (Å²) in [6.45, 7) is 3.08. The van der Waals surface area contributed by atoms with E-state index in [1.165, 1.54) is 0 Å². The molecule has 1 saturated heterocycles. The van der Waals surface area contributed by atoms with E-state index in [9.17, 15) is 8.42 Å². The van der Waals surface area contributed by atoms with Gasteiger partial charge in [-0.25, -0.2) is 8.42 Å². The molecule has 4 nitrogen and oxygen atoms in total. The van der Waals surface area contributed by atoms with Crippen molar-refractivity contribution in [2.75, 3.05) is 29.5 Å². The molecular weight excluding hydrogens is 360 g/mol. The van der Waals surface area contributed by atoms with Gasteiger partial charge < -0.3 is 5.73 Å². The second-order valence-corrected chi connectivity index (χ2v) is 9.31. The summed E-state index contributed by atoms with van der Waals surface area (Å²) in [5, 5.41) is -0.394. The predicted molar refractivity (Wildman–Crippen MR) is 89.5 cm³/mol. The van der Waals surface area contributed by atoms with Gasteiger partial charge >= 0.3 is 0 Å². The van der Waals surface area contributed by atoms with Crippen molar-refractivity contribution >= 4 is 43.2 Å². The first-order valence-electron chi connectivity index (χ1n) is 6.51. The molecule has 0 aromatic heterocycles. The van der Waals surface area contributed by atoms with Gasteiger partial charge in [0.05, 0.1) is 0 Å². The van der Waals surface area contributed by atoms with Crippen LogP contribution in [0.5, 0.6) is 0 Å². The highest BCUT2D eigenvalue weighted by atomic mass is 79.9. The van der Waals surface area contributed by atoms with Gasteiger partial charge in [0.15, 0.2) is 9.84 Å². The van der Waals surface area contributed by atoms with Crippen LogP contribution in [0.4, 0.5) is 5.69 Å². The number of hydrogen-bond donors (Lipinski definition) is 1. The van der Waals surface area contributed by atoms with E-state index < -0.39 is 15.2 Å². The molecule has 112 valence electrons. The van der Waals surface area contributed by atoms with Gasteiger partial charge in [-0.15, -0.1) is 0 Å². The molecule has 1 aromatic rings. The molecule has 1 aliphatic heterocycles.